The molecule has 2 aromatic rings. The van der Waals surface area contributed by atoms with Crippen LogP contribution in [-0.4, -0.2) is 68.5 Å². The molecule has 1 amide bonds. The lowest BCUT2D eigenvalue weighted by atomic mass is 9.58. The van der Waals surface area contributed by atoms with E-state index >= 15 is 0 Å². The van der Waals surface area contributed by atoms with E-state index in [0.29, 0.717) is 16.7 Å². The number of allylic oxidation sites excluding steroid dienone is 1. The van der Waals surface area contributed by atoms with E-state index in [1.54, 1.807) is 26.2 Å². The van der Waals surface area contributed by atoms with E-state index < -0.39 is 58.0 Å². The SMILES string of the molecule is CN(C)[C@@H]1C(O)=C(C(N)=O)C(=O)[C@@]2(O)C(O)=C3C(=O)c4c(O)ccc(-c5ccoc5)c4C[C@H]3C[C@@H]12. The third-order valence-electron chi connectivity index (χ3n) is 7.44. The number of Topliss-reactive ketones (excluding diaryl/α,β-unsaturated/α-hetero) is 2. The number of benzene rings is 1. The van der Waals surface area contributed by atoms with Crippen LogP contribution in [0.2, 0.25) is 0 Å². The molecule has 0 saturated carbocycles. The van der Waals surface area contributed by atoms with Gasteiger partial charge < -0.3 is 30.6 Å². The second kappa shape index (κ2) is 7.56. The van der Waals surface area contributed by atoms with Crippen molar-refractivity contribution in [3.63, 3.8) is 0 Å². The maximum Gasteiger partial charge on any atom is 0.255 e. The van der Waals surface area contributed by atoms with Gasteiger partial charge in [0, 0.05) is 17.1 Å². The van der Waals surface area contributed by atoms with Gasteiger partial charge in [-0.3, -0.25) is 19.3 Å². The number of furan rings is 1. The van der Waals surface area contributed by atoms with Crippen molar-refractivity contribution >= 4 is 17.5 Å². The molecule has 0 spiro atoms. The van der Waals surface area contributed by atoms with E-state index in [1.807, 2.05) is 0 Å². The van der Waals surface area contributed by atoms with Crippen LogP contribution >= 0.6 is 0 Å². The van der Waals surface area contributed by atoms with E-state index in [-0.39, 0.29) is 29.7 Å². The number of amides is 1. The van der Waals surface area contributed by atoms with E-state index in [2.05, 4.69) is 0 Å². The van der Waals surface area contributed by atoms with E-state index in [1.165, 1.54) is 23.5 Å². The number of fused-ring (bicyclic) bond motifs is 3. The lowest BCUT2D eigenvalue weighted by molar-refractivity contribution is -0.148. The molecule has 1 heterocycles. The number of carbonyl (C=O) groups excluding carboxylic acids is 3. The maximum absolute atomic E-state index is 13.6. The topological polar surface area (TPSA) is 175 Å². The van der Waals surface area contributed by atoms with E-state index in [0.717, 1.165) is 0 Å². The number of rotatable bonds is 3. The summed E-state index contributed by atoms with van der Waals surface area (Å²) < 4.78 is 5.17. The van der Waals surface area contributed by atoms with Gasteiger partial charge in [0.25, 0.3) is 5.91 Å². The van der Waals surface area contributed by atoms with Crippen molar-refractivity contribution in [3.05, 3.63) is 64.5 Å². The third-order valence-corrected chi connectivity index (χ3v) is 7.44. The predicted molar refractivity (Wildman–Crippen MR) is 121 cm³/mol. The molecule has 0 fully saturated rings. The van der Waals surface area contributed by atoms with Crippen molar-refractivity contribution in [2.24, 2.45) is 17.6 Å². The number of aliphatic hydroxyl groups excluding tert-OH is 2. The van der Waals surface area contributed by atoms with Gasteiger partial charge in [0.15, 0.2) is 11.4 Å². The Kier molecular flexibility index (Phi) is 4.94. The smallest absolute Gasteiger partial charge is 0.255 e. The summed E-state index contributed by atoms with van der Waals surface area (Å²) in [5, 5.41) is 44.2. The molecule has 35 heavy (non-hydrogen) atoms. The van der Waals surface area contributed by atoms with Crippen molar-refractivity contribution < 1.29 is 39.2 Å². The Morgan fingerprint density at radius 3 is 2.49 bits per heavy atom. The van der Waals surface area contributed by atoms with Gasteiger partial charge in [0.05, 0.1) is 24.1 Å². The Labute approximate surface area is 199 Å². The molecule has 1 aromatic carbocycles. The van der Waals surface area contributed by atoms with Crippen LogP contribution in [0.3, 0.4) is 0 Å². The number of ketones is 2. The predicted octanol–water partition coefficient (Wildman–Crippen LogP) is 1.38. The van der Waals surface area contributed by atoms with Crippen LogP contribution in [0.4, 0.5) is 0 Å². The lowest BCUT2D eigenvalue weighted by Gasteiger charge is -2.50. The first-order chi connectivity index (χ1) is 16.5. The van der Waals surface area contributed by atoms with Crippen LogP contribution in [0, 0.1) is 11.8 Å². The average molecular weight is 480 g/mol. The number of phenols is 1. The number of likely N-dealkylation sites (N-methyl/N-ethyl adjacent to an activating group) is 1. The summed E-state index contributed by atoms with van der Waals surface area (Å²) in [4.78, 5) is 40.4. The van der Waals surface area contributed by atoms with Gasteiger partial charge in [-0.2, -0.15) is 0 Å². The number of nitrogens with two attached hydrogens (primary N) is 1. The highest BCUT2D eigenvalue weighted by atomic mass is 16.3. The molecule has 5 rings (SSSR count). The van der Waals surface area contributed by atoms with Gasteiger partial charge in [-0.25, -0.2) is 0 Å². The number of phenolic OH excluding ortho intramolecular Hbond substituents is 1. The maximum atomic E-state index is 13.6. The van der Waals surface area contributed by atoms with Gasteiger partial charge in [-0.15, -0.1) is 0 Å². The number of nitrogens with zero attached hydrogens (tertiary/aromatic N) is 1. The number of carbonyl (C=O) groups is 3. The Bertz CT molecular complexity index is 1350. The molecule has 182 valence electrons. The molecule has 4 atom stereocenters. The second-order valence-corrected chi connectivity index (χ2v) is 9.46. The number of hydrogen-bond acceptors (Lipinski definition) is 9. The van der Waals surface area contributed by atoms with Crippen molar-refractivity contribution in [2.75, 3.05) is 14.1 Å². The van der Waals surface area contributed by atoms with Crippen LogP contribution in [0.5, 0.6) is 5.75 Å². The summed E-state index contributed by atoms with van der Waals surface area (Å²) in [6.07, 6.45) is 3.24. The summed E-state index contributed by atoms with van der Waals surface area (Å²) in [5.41, 5.74) is 3.53. The summed E-state index contributed by atoms with van der Waals surface area (Å²) in [6.45, 7) is 0. The van der Waals surface area contributed by atoms with Crippen LogP contribution in [0.15, 0.2) is 57.8 Å². The van der Waals surface area contributed by atoms with Gasteiger partial charge in [0.1, 0.15) is 22.8 Å². The number of aromatic hydroxyl groups is 1. The zero-order valence-electron chi connectivity index (χ0n) is 19.0. The minimum Gasteiger partial charge on any atom is -0.510 e. The molecule has 3 aliphatic rings. The van der Waals surface area contributed by atoms with Crippen molar-refractivity contribution in [1.29, 1.82) is 0 Å². The second-order valence-electron chi connectivity index (χ2n) is 9.46. The molecule has 0 radical (unpaired) electrons. The Balaban J connectivity index is 1.74. The molecule has 10 nitrogen and oxygen atoms in total. The number of hydrogen-bond donors (Lipinski definition) is 5. The van der Waals surface area contributed by atoms with Crippen LogP contribution in [0.25, 0.3) is 11.1 Å². The third kappa shape index (κ3) is 2.93. The van der Waals surface area contributed by atoms with Crippen LogP contribution in [-0.2, 0) is 16.0 Å². The molecule has 0 saturated heterocycles. The highest BCUT2D eigenvalue weighted by Gasteiger charge is 2.63. The first-order valence-electron chi connectivity index (χ1n) is 11.0. The Morgan fingerprint density at radius 2 is 1.89 bits per heavy atom. The molecule has 0 unspecified atom stereocenters. The fourth-order valence-corrected chi connectivity index (χ4v) is 5.94. The van der Waals surface area contributed by atoms with Crippen molar-refractivity contribution in [2.45, 2.75) is 24.5 Å². The lowest BCUT2D eigenvalue weighted by Crippen LogP contribution is -2.63. The van der Waals surface area contributed by atoms with Gasteiger partial charge in [-0.05, 0) is 56.1 Å². The average Bonchev–Trinajstić information content (AvgIpc) is 3.30. The highest BCUT2D eigenvalue weighted by Crippen LogP contribution is 2.53. The molecule has 6 N–H and O–H groups in total. The molecule has 1 aromatic heterocycles. The summed E-state index contributed by atoms with van der Waals surface area (Å²) in [7, 11) is 3.17. The minimum absolute atomic E-state index is 0.0340. The first kappa shape index (κ1) is 22.9. The highest BCUT2D eigenvalue weighted by molar-refractivity contribution is 6.24. The van der Waals surface area contributed by atoms with Crippen molar-refractivity contribution in [1.82, 2.24) is 4.90 Å². The summed E-state index contributed by atoms with van der Waals surface area (Å²) >= 11 is 0. The quantitative estimate of drug-likeness (QED) is 0.406. The first-order valence-corrected chi connectivity index (χ1v) is 11.0. The van der Waals surface area contributed by atoms with E-state index in [9.17, 15) is 34.8 Å². The Morgan fingerprint density at radius 1 is 1.17 bits per heavy atom. The van der Waals surface area contributed by atoms with E-state index in [4.69, 9.17) is 10.2 Å². The molecular weight excluding hydrogens is 456 g/mol. The van der Waals surface area contributed by atoms with Crippen LogP contribution < -0.4 is 5.73 Å². The van der Waals surface area contributed by atoms with Gasteiger partial charge in [0.2, 0.25) is 5.78 Å². The number of primary amides is 1. The monoisotopic (exact) mass is 480 g/mol. The zero-order valence-corrected chi connectivity index (χ0v) is 19.0. The molecule has 0 aliphatic heterocycles. The molecule has 0 bridgehead atoms. The fourth-order valence-electron chi connectivity index (χ4n) is 5.94. The zero-order chi connectivity index (χ0) is 25.4. The van der Waals surface area contributed by atoms with Crippen LogP contribution in [0.1, 0.15) is 22.3 Å². The minimum atomic E-state index is -2.65. The molecular formula is C25H24N2O8. The fraction of sp³-hybridized carbons (Fsp3) is 0.320. The Hall–Kier alpha value is -3.89. The van der Waals surface area contributed by atoms with Gasteiger partial charge in [-0.1, -0.05) is 6.07 Å². The summed E-state index contributed by atoms with van der Waals surface area (Å²) in [5.74, 6) is -6.73. The number of aliphatic hydroxyl groups is 3. The standard InChI is InChI=1S/C25H24N2O8/c1-27(2)19-14-8-11-7-13-12(10-5-6-35-9-10)3-4-15(28)17(13)20(29)16(11)22(31)25(14,34)23(32)18(21(19)30)24(26)33/h3-6,9,11,14,19,28,30-31,34H,7-8H2,1-2H3,(H2,26,33)/t11-,14-,19-,25-/m0/s1. The van der Waals surface area contributed by atoms with Gasteiger partial charge >= 0.3 is 0 Å². The normalized spacial score (nSPS) is 28.2. The summed E-state index contributed by atoms with van der Waals surface area (Å²) in [6, 6.07) is 3.71. The molecule has 10 heteroatoms. The molecule has 3 aliphatic carbocycles. The van der Waals surface area contributed by atoms with Crippen molar-refractivity contribution in [3.8, 4) is 16.9 Å². The largest absolute Gasteiger partial charge is 0.510 e.